The topological polar surface area (TPSA) is 43.1 Å². The molecule has 0 saturated carbocycles. The number of nitrogens with two attached hydrogens (primary N) is 1. The predicted octanol–water partition coefficient (Wildman–Crippen LogP) is 0.214. The zero-order chi connectivity index (χ0) is 5.70. The Balaban J connectivity index is 3.46. The largest absolute Gasteiger partial charge is 0.366 e. The fourth-order valence-corrected chi connectivity index (χ4v) is 0.163. The highest BCUT2D eigenvalue weighted by molar-refractivity contribution is 5.85. The van der Waals surface area contributed by atoms with Crippen molar-refractivity contribution in [3.8, 4) is 0 Å². The molecule has 0 fully saturated rings. The molecule has 1 amide bonds. The van der Waals surface area contributed by atoms with E-state index in [1.54, 1.807) is 0 Å². The number of amides is 1. The maximum atomic E-state index is 9.85. The molecule has 7 heavy (non-hydrogen) atoms. The van der Waals surface area contributed by atoms with Gasteiger partial charge in [-0.3, -0.25) is 4.79 Å². The molecule has 0 aliphatic heterocycles. The summed E-state index contributed by atoms with van der Waals surface area (Å²) in [7, 11) is 0. The van der Waals surface area contributed by atoms with E-state index in [-0.39, 0.29) is 0 Å². The van der Waals surface area contributed by atoms with Gasteiger partial charge in [0.15, 0.2) is 0 Å². The smallest absolute Gasteiger partial charge is 0.241 e. The Morgan fingerprint density at radius 2 is 2.29 bits per heavy atom. The third-order valence-corrected chi connectivity index (χ3v) is 0.397. The van der Waals surface area contributed by atoms with E-state index in [9.17, 15) is 4.79 Å². The first-order chi connectivity index (χ1) is 3.27. The number of rotatable bonds is 2. The Morgan fingerprint density at radius 3 is 2.43 bits per heavy atom. The van der Waals surface area contributed by atoms with Crippen molar-refractivity contribution >= 4 is 5.91 Å². The van der Waals surface area contributed by atoms with Crippen LogP contribution < -0.4 is 5.73 Å². The van der Waals surface area contributed by atoms with Crippen LogP contribution in [0.3, 0.4) is 0 Å². The van der Waals surface area contributed by atoms with Crippen molar-refractivity contribution in [1.82, 2.24) is 0 Å². The Labute approximate surface area is 42.3 Å². The van der Waals surface area contributed by atoms with Crippen LogP contribution in [-0.2, 0) is 4.79 Å². The summed E-state index contributed by atoms with van der Waals surface area (Å²) >= 11 is 0. The Hall–Kier alpha value is -1.05. The van der Waals surface area contributed by atoms with Crippen LogP contribution in [0, 0.1) is 0 Å². The number of carbonyl (C=O) groups excluding carboxylic acids is 1. The summed E-state index contributed by atoms with van der Waals surface area (Å²) in [4.78, 5) is 9.85. The van der Waals surface area contributed by atoms with Crippen molar-refractivity contribution in [3.63, 3.8) is 0 Å². The molecule has 0 rings (SSSR count). The number of allylic oxidation sites excluding steroid dienone is 2. The molecule has 2 heteroatoms. The number of hydrogen-bond donors (Lipinski definition) is 1. The Kier molecular flexibility index (Phi) is 2.68. The third-order valence-electron chi connectivity index (χ3n) is 0.397. The lowest BCUT2D eigenvalue weighted by Crippen LogP contribution is -2.04. The van der Waals surface area contributed by atoms with Crippen molar-refractivity contribution < 1.29 is 4.79 Å². The minimum absolute atomic E-state index is 0.445. The van der Waals surface area contributed by atoms with Gasteiger partial charge < -0.3 is 5.73 Å². The highest BCUT2D eigenvalue weighted by atomic mass is 16.1. The van der Waals surface area contributed by atoms with Crippen LogP contribution >= 0.6 is 0 Å². The lowest BCUT2D eigenvalue weighted by Gasteiger charge is -1.71. The van der Waals surface area contributed by atoms with E-state index < -0.39 is 5.91 Å². The molecule has 0 saturated heterocycles. The molecule has 0 spiro atoms. The normalized spacial score (nSPS) is 9.14. The van der Waals surface area contributed by atoms with Gasteiger partial charge in [-0.05, 0) is 0 Å². The number of carbonyl (C=O) groups is 1. The molecule has 0 atom stereocenters. The van der Waals surface area contributed by atoms with Gasteiger partial charge in [-0.25, -0.2) is 0 Å². The van der Waals surface area contributed by atoms with E-state index >= 15 is 0 Å². The summed E-state index contributed by atoms with van der Waals surface area (Å²) in [5.41, 5.74) is 4.70. The van der Waals surface area contributed by atoms with E-state index in [4.69, 9.17) is 5.73 Å². The van der Waals surface area contributed by atoms with Gasteiger partial charge >= 0.3 is 0 Å². The van der Waals surface area contributed by atoms with E-state index in [0.29, 0.717) is 0 Å². The quantitative estimate of drug-likeness (QED) is 0.388. The first-order valence-electron chi connectivity index (χ1n) is 1.86. The molecule has 0 aromatic rings. The highest BCUT2D eigenvalue weighted by Gasteiger charge is 1.74. The molecule has 0 unspecified atom stereocenters. The van der Waals surface area contributed by atoms with E-state index in [0.717, 1.165) is 0 Å². The van der Waals surface area contributed by atoms with E-state index in [1.165, 1.54) is 18.2 Å². The van der Waals surface area contributed by atoms with Crippen LogP contribution in [0.2, 0.25) is 0 Å². The van der Waals surface area contributed by atoms with Crippen molar-refractivity contribution in [2.75, 3.05) is 0 Å². The van der Waals surface area contributed by atoms with Gasteiger partial charge in [-0.2, -0.15) is 0 Å². The fourth-order valence-electron chi connectivity index (χ4n) is 0.163. The Bertz CT molecular complexity index is 105. The van der Waals surface area contributed by atoms with Gasteiger partial charge in [0.1, 0.15) is 0 Å². The molecule has 2 N–H and O–H groups in total. The maximum absolute atomic E-state index is 9.85. The standard InChI is InChI=1S/C5H7NO/c1-2-3-4-5(6)7/h2-4H,1H2,(H2,6,7). The monoisotopic (exact) mass is 97.1 g/mol. The SMILES string of the molecule is C=CC=CC(N)=O. The minimum atomic E-state index is -0.445. The van der Waals surface area contributed by atoms with Crippen LogP contribution in [0.4, 0.5) is 0 Å². The van der Waals surface area contributed by atoms with Gasteiger partial charge in [-0.15, -0.1) is 0 Å². The third kappa shape index (κ3) is 4.95. The molecule has 2 nitrogen and oxygen atoms in total. The fraction of sp³-hybridized carbons (Fsp3) is 0. The maximum Gasteiger partial charge on any atom is 0.241 e. The molecule has 0 aliphatic rings. The second kappa shape index (κ2) is 3.15. The molecule has 0 bridgehead atoms. The summed E-state index contributed by atoms with van der Waals surface area (Å²) in [6.45, 7) is 3.34. The molecule has 0 heterocycles. The van der Waals surface area contributed by atoms with Gasteiger partial charge in [0.2, 0.25) is 5.91 Å². The lowest BCUT2D eigenvalue weighted by molar-refractivity contribution is -0.113. The highest BCUT2D eigenvalue weighted by Crippen LogP contribution is 1.67. The van der Waals surface area contributed by atoms with Crippen LogP contribution in [0.25, 0.3) is 0 Å². The van der Waals surface area contributed by atoms with Crippen LogP contribution in [0.5, 0.6) is 0 Å². The van der Waals surface area contributed by atoms with Crippen LogP contribution in [-0.4, -0.2) is 5.91 Å². The van der Waals surface area contributed by atoms with Gasteiger partial charge in [0, 0.05) is 6.08 Å². The summed E-state index contributed by atoms with van der Waals surface area (Å²) in [5.74, 6) is -0.445. The zero-order valence-electron chi connectivity index (χ0n) is 3.92. The summed E-state index contributed by atoms with van der Waals surface area (Å²) in [6, 6.07) is 0. The minimum Gasteiger partial charge on any atom is -0.366 e. The molecule has 0 radical (unpaired) electrons. The average Bonchev–Trinajstić information content (AvgIpc) is 1.61. The summed E-state index contributed by atoms with van der Waals surface area (Å²) < 4.78 is 0. The second-order valence-electron chi connectivity index (χ2n) is 0.997. The van der Waals surface area contributed by atoms with Gasteiger partial charge in [0.05, 0.1) is 0 Å². The molecule has 0 aromatic carbocycles. The predicted molar refractivity (Wildman–Crippen MR) is 28.5 cm³/mol. The zero-order valence-corrected chi connectivity index (χ0v) is 3.92. The molecule has 0 aromatic heterocycles. The average molecular weight is 97.1 g/mol. The number of hydrogen-bond acceptors (Lipinski definition) is 1. The first kappa shape index (κ1) is 5.95. The molecular weight excluding hydrogens is 90.1 g/mol. The number of primary amides is 1. The van der Waals surface area contributed by atoms with Crippen molar-refractivity contribution in [2.24, 2.45) is 5.73 Å². The van der Waals surface area contributed by atoms with Gasteiger partial charge in [0.25, 0.3) is 0 Å². The molecule has 38 valence electrons. The lowest BCUT2D eigenvalue weighted by atomic mass is 10.5. The molecule has 0 aliphatic carbocycles. The summed E-state index contributed by atoms with van der Waals surface area (Å²) in [6.07, 6.45) is 4.22. The van der Waals surface area contributed by atoms with Crippen LogP contribution in [0.1, 0.15) is 0 Å². The van der Waals surface area contributed by atoms with Crippen LogP contribution in [0.15, 0.2) is 24.8 Å². The van der Waals surface area contributed by atoms with E-state index in [1.807, 2.05) is 0 Å². The van der Waals surface area contributed by atoms with Crippen molar-refractivity contribution in [3.05, 3.63) is 24.8 Å². The summed E-state index contributed by atoms with van der Waals surface area (Å²) in [5, 5.41) is 0. The van der Waals surface area contributed by atoms with Crippen molar-refractivity contribution in [2.45, 2.75) is 0 Å². The Morgan fingerprint density at radius 1 is 1.71 bits per heavy atom. The van der Waals surface area contributed by atoms with E-state index in [2.05, 4.69) is 6.58 Å². The van der Waals surface area contributed by atoms with Gasteiger partial charge in [-0.1, -0.05) is 18.7 Å². The van der Waals surface area contributed by atoms with Crippen molar-refractivity contribution in [1.29, 1.82) is 0 Å². The molecular formula is C5H7NO. The first-order valence-corrected chi connectivity index (χ1v) is 1.86. The second-order valence-corrected chi connectivity index (χ2v) is 0.997.